The van der Waals surface area contributed by atoms with Gasteiger partial charge in [-0.3, -0.25) is 0 Å². The second-order valence-electron chi connectivity index (χ2n) is 14.0. The van der Waals surface area contributed by atoms with E-state index in [1.165, 1.54) is 19.3 Å². The molecule has 228 valence electrons. The molecule has 0 unspecified atom stereocenters. The minimum atomic E-state index is -0.566. The van der Waals surface area contributed by atoms with Crippen LogP contribution in [0, 0.1) is 22.7 Å². The fourth-order valence-electron chi connectivity index (χ4n) is 5.55. The van der Waals surface area contributed by atoms with E-state index < -0.39 is 5.60 Å². The van der Waals surface area contributed by atoms with Gasteiger partial charge in [-0.2, -0.15) is 4.79 Å². The molecule has 2 heterocycles. The lowest BCUT2D eigenvalue weighted by atomic mass is 10.0. The van der Waals surface area contributed by atoms with Gasteiger partial charge in [-0.1, -0.05) is 30.9 Å². The van der Waals surface area contributed by atoms with Crippen molar-refractivity contribution in [2.24, 2.45) is 10.8 Å². The number of imidazole rings is 2. The first-order valence-electron chi connectivity index (χ1n) is 15.7. The number of rotatable bonds is 9. The third-order valence-corrected chi connectivity index (χ3v) is 8.64. The number of amides is 1. The van der Waals surface area contributed by atoms with E-state index in [0.29, 0.717) is 17.8 Å². The van der Waals surface area contributed by atoms with Gasteiger partial charge < -0.3 is 20.0 Å². The zero-order valence-electron chi connectivity index (χ0n) is 26.5. The van der Waals surface area contributed by atoms with Gasteiger partial charge in [0.25, 0.3) is 0 Å². The fourth-order valence-corrected chi connectivity index (χ4v) is 5.55. The Labute approximate surface area is 259 Å². The molecule has 2 aliphatic carbocycles. The van der Waals surface area contributed by atoms with Gasteiger partial charge in [-0.05, 0) is 101 Å². The highest BCUT2D eigenvalue weighted by molar-refractivity contribution is 5.84. The van der Waals surface area contributed by atoms with Crippen molar-refractivity contribution >= 4 is 23.3 Å². The number of fused-ring (bicyclic) bond motifs is 1. The van der Waals surface area contributed by atoms with Gasteiger partial charge in [-0.15, -0.1) is 4.58 Å². The summed E-state index contributed by atoms with van der Waals surface area (Å²) in [5.41, 5.74) is 5.69. The molecule has 8 heteroatoms. The Hall–Kier alpha value is -4.22. The van der Waals surface area contributed by atoms with Crippen LogP contribution in [-0.2, 0) is 11.2 Å². The molecule has 6 rings (SSSR count). The molecule has 44 heavy (non-hydrogen) atoms. The topological polar surface area (TPSA) is 98.7 Å². The number of nitrogens with one attached hydrogen (secondary N) is 3. The average molecular weight is 592 g/mol. The largest absolute Gasteiger partial charge is 0.597 e. The van der Waals surface area contributed by atoms with Crippen molar-refractivity contribution in [3.05, 3.63) is 71.4 Å². The van der Waals surface area contributed by atoms with Crippen LogP contribution >= 0.6 is 0 Å². The molecular formula is C36H43N6O2+. The minimum absolute atomic E-state index is 0.132. The van der Waals surface area contributed by atoms with Crippen LogP contribution in [0.5, 0.6) is 0 Å². The van der Waals surface area contributed by atoms with E-state index in [9.17, 15) is 4.79 Å². The van der Waals surface area contributed by atoms with Crippen molar-refractivity contribution in [1.82, 2.24) is 25.3 Å². The second kappa shape index (κ2) is 11.7. The number of H-pyrrole nitrogens is 2. The summed E-state index contributed by atoms with van der Waals surface area (Å²) in [6.45, 7) is 9.53. The van der Waals surface area contributed by atoms with Crippen LogP contribution in [0.2, 0.25) is 0 Å². The second-order valence-corrected chi connectivity index (χ2v) is 14.0. The number of aromatic nitrogens is 4. The van der Waals surface area contributed by atoms with Gasteiger partial charge in [0, 0.05) is 29.5 Å². The number of carbonyl (C=O) groups is 1. The predicted molar refractivity (Wildman–Crippen MR) is 174 cm³/mol. The maximum atomic E-state index is 12.9. The molecule has 0 aliphatic heterocycles. The van der Waals surface area contributed by atoms with Gasteiger partial charge in [0.05, 0.1) is 22.9 Å². The number of aryl methyl sites for hydroxylation is 1. The Balaban J connectivity index is 1.13. The lowest BCUT2D eigenvalue weighted by molar-refractivity contribution is -0.456. The van der Waals surface area contributed by atoms with Gasteiger partial charge >= 0.3 is 6.09 Å². The number of benzene rings is 2. The predicted octanol–water partition coefficient (Wildman–Crippen LogP) is 6.45. The van der Waals surface area contributed by atoms with Gasteiger partial charge in [-0.25, -0.2) is 9.97 Å². The lowest BCUT2D eigenvalue weighted by Gasteiger charge is -2.17. The highest BCUT2D eigenvalue weighted by atomic mass is 16.6. The van der Waals surface area contributed by atoms with Crippen molar-refractivity contribution in [2.75, 3.05) is 20.1 Å². The van der Waals surface area contributed by atoms with E-state index in [-0.39, 0.29) is 11.5 Å². The molecule has 0 radical (unpaired) electrons. The summed E-state index contributed by atoms with van der Waals surface area (Å²) in [6.07, 6.45) is 10.3. The smallest absolute Gasteiger partial charge is 0.406 e. The number of aromatic amines is 2. The monoisotopic (exact) mass is 591 g/mol. The van der Waals surface area contributed by atoms with Crippen molar-refractivity contribution < 1.29 is 14.1 Å². The van der Waals surface area contributed by atoms with E-state index >= 15 is 0 Å². The normalized spacial score (nSPS) is 16.8. The Morgan fingerprint density at radius 3 is 2.48 bits per heavy atom. The molecule has 4 aromatic rings. The van der Waals surface area contributed by atoms with Crippen molar-refractivity contribution in [3.8, 4) is 23.1 Å². The average Bonchev–Trinajstić information content (AvgIpc) is 3.79. The standard InChI is InChI=1S/C36H42N6O2/c1-34(2,3)44-33(43)42(24-35(4)16-17-35)22-32-39-28-13-10-26(20-29(28)40-32)7-6-25-8-11-27(12-9-25)30-21-38-31(41-30)14-15-36(18-19-36)23-37-5/h8-13,20-22,37H,14-19,23-24H2,1-5H3,(H,38,40,41)/p+1. The van der Waals surface area contributed by atoms with E-state index in [1.807, 2.05) is 64.3 Å². The van der Waals surface area contributed by atoms with Gasteiger partial charge in [0.1, 0.15) is 11.4 Å². The first-order valence-corrected chi connectivity index (χ1v) is 15.7. The van der Waals surface area contributed by atoms with E-state index in [1.54, 1.807) is 10.8 Å². The molecule has 1 amide bonds. The highest BCUT2D eigenvalue weighted by Crippen LogP contribution is 2.48. The summed E-state index contributed by atoms with van der Waals surface area (Å²) in [5, 5.41) is 3.33. The third kappa shape index (κ3) is 7.46. The molecule has 2 saturated carbocycles. The van der Waals surface area contributed by atoms with Gasteiger partial charge in [0.15, 0.2) is 12.4 Å². The van der Waals surface area contributed by atoms with Crippen molar-refractivity contribution in [2.45, 2.75) is 71.8 Å². The number of ether oxygens (including phenoxy) is 1. The maximum absolute atomic E-state index is 12.9. The zero-order chi connectivity index (χ0) is 31.0. The molecule has 2 fully saturated rings. The first-order chi connectivity index (χ1) is 21.0. The number of hydrogen-bond donors (Lipinski definition) is 3. The molecule has 2 aromatic carbocycles. The molecule has 0 spiro atoms. The van der Waals surface area contributed by atoms with Crippen LogP contribution in [0.1, 0.15) is 82.6 Å². The summed E-state index contributed by atoms with van der Waals surface area (Å²) in [7, 11) is 2.03. The molecule has 8 nitrogen and oxygen atoms in total. The number of nitrogens with zero attached hydrogens (tertiary/aromatic N) is 3. The Kier molecular flexibility index (Phi) is 7.93. The third-order valence-electron chi connectivity index (χ3n) is 8.64. The number of hydrogen-bond acceptors (Lipinski definition) is 5. The van der Waals surface area contributed by atoms with E-state index in [0.717, 1.165) is 65.0 Å². The maximum Gasteiger partial charge on any atom is 0.597 e. The van der Waals surface area contributed by atoms with Crippen molar-refractivity contribution in [3.63, 3.8) is 0 Å². The molecule has 0 bridgehead atoms. The SMILES string of the molecule is CNCC1(CCc2ncc(-c3ccc(C#Cc4ccc5nc(/C=[N+](/CC6(C)CC6)C(=O)OC(C)(C)C)[nH]c5c4)cc3)[nH]2)CC1. The molecular weight excluding hydrogens is 548 g/mol. The molecule has 2 aromatic heterocycles. The molecule has 0 atom stereocenters. The van der Waals surface area contributed by atoms with Crippen LogP contribution in [0.25, 0.3) is 22.3 Å². The van der Waals surface area contributed by atoms with Crippen molar-refractivity contribution in [1.29, 1.82) is 0 Å². The van der Waals surface area contributed by atoms with E-state index in [4.69, 9.17) is 9.72 Å². The minimum Gasteiger partial charge on any atom is -0.406 e. The quantitative estimate of drug-likeness (QED) is 0.118. The van der Waals surface area contributed by atoms with E-state index in [2.05, 4.69) is 51.2 Å². The molecule has 2 aliphatic rings. The Bertz CT molecular complexity index is 1750. The Morgan fingerprint density at radius 2 is 1.80 bits per heavy atom. The van der Waals surface area contributed by atoms with Crippen LogP contribution in [-0.4, -0.2) is 62.6 Å². The summed E-state index contributed by atoms with van der Waals surface area (Å²) in [6, 6.07) is 14.2. The first kappa shape index (κ1) is 29.8. The van der Waals surface area contributed by atoms with Crippen LogP contribution < -0.4 is 5.32 Å². The lowest BCUT2D eigenvalue weighted by Crippen LogP contribution is -2.34. The zero-order valence-corrected chi connectivity index (χ0v) is 26.5. The van der Waals surface area contributed by atoms with Crippen LogP contribution in [0.3, 0.4) is 0 Å². The summed E-state index contributed by atoms with van der Waals surface area (Å²) >= 11 is 0. The molecule has 0 saturated heterocycles. The molecule has 3 N–H and O–H groups in total. The fraction of sp³-hybridized carbons (Fsp3) is 0.444. The Morgan fingerprint density at radius 1 is 1.07 bits per heavy atom. The van der Waals surface area contributed by atoms with Gasteiger partial charge in [0.2, 0.25) is 6.21 Å². The number of carbonyl (C=O) groups excluding carboxylic acids is 1. The summed E-state index contributed by atoms with van der Waals surface area (Å²) in [5.74, 6) is 8.22. The highest BCUT2D eigenvalue weighted by Gasteiger charge is 2.44. The summed E-state index contributed by atoms with van der Waals surface area (Å²) in [4.78, 5) is 29.1. The summed E-state index contributed by atoms with van der Waals surface area (Å²) < 4.78 is 7.32. The van der Waals surface area contributed by atoms with Crippen LogP contribution in [0.15, 0.2) is 48.7 Å². The van der Waals surface area contributed by atoms with Crippen LogP contribution in [0.4, 0.5) is 4.79 Å².